The Morgan fingerprint density at radius 1 is 0.848 bits per heavy atom. The summed E-state index contributed by atoms with van der Waals surface area (Å²) in [5, 5.41) is 0. The summed E-state index contributed by atoms with van der Waals surface area (Å²) in [6, 6.07) is 24.7. The molecule has 0 fully saturated rings. The van der Waals surface area contributed by atoms with Crippen molar-refractivity contribution in [3.8, 4) is 5.75 Å². The quantitative estimate of drug-likeness (QED) is 0.321. The number of rotatable bonds is 9. The Labute approximate surface area is 190 Å². The number of nitrogens with zero attached hydrogens (tertiary/aromatic N) is 3. The third kappa shape index (κ3) is 4.82. The number of furan rings is 2. The van der Waals surface area contributed by atoms with E-state index in [-0.39, 0.29) is 19.1 Å². The summed E-state index contributed by atoms with van der Waals surface area (Å²) in [6.07, 6.45) is 3.21. The molecular weight excluding hydrogens is 418 g/mol. The molecule has 0 spiro atoms. The number of hydrogen-bond donors (Lipinski definition) is 0. The van der Waals surface area contributed by atoms with E-state index in [2.05, 4.69) is 0 Å². The zero-order valence-corrected chi connectivity index (χ0v) is 18.0. The number of hydrogen-bond acceptors (Lipinski definition) is 5. The number of aromatic nitrogens is 2. The summed E-state index contributed by atoms with van der Waals surface area (Å²) in [4.78, 5) is 19.9. The van der Waals surface area contributed by atoms with Crippen molar-refractivity contribution in [3.63, 3.8) is 0 Å². The topological polar surface area (TPSA) is 73.6 Å². The Hall–Kier alpha value is -4.26. The van der Waals surface area contributed by atoms with E-state index in [4.69, 9.17) is 18.6 Å². The van der Waals surface area contributed by atoms with Gasteiger partial charge >= 0.3 is 0 Å². The van der Waals surface area contributed by atoms with E-state index in [0.717, 1.165) is 16.8 Å². The van der Waals surface area contributed by atoms with Gasteiger partial charge in [-0.2, -0.15) is 0 Å². The zero-order valence-electron chi connectivity index (χ0n) is 18.0. The monoisotopic (exact) mass is 441 g/mol. The Kier molecular flexibility index (Phi) is 5.93. The summed E-state index contributed by atoms with van der Waals surface area (Å²) >= 11 is 0. The lowest BCUT2D eigenvalue weighted by atomic mass is 10.3. The van der Waals surface area contributed by atoms with Gasteiger partial charge in [0.05, 0.1) is 36.6 Å². The summed E-state index contributed by atoms with van der Waals surface area (Å²) in [7, 11) is 0. The van der Waals surface area contributed by atoms with E-state index < -0.39 is 0 Å². The van der Waals surface area contributed by atoms with Crippen molar-refractivity contribution in [2.75, 3.05) is 0 Å². The highest BCUT2D eigenvalue weighted by Gasteiger charge is 2.21. The fourth-order valence-corrected chi connectivity index (χ4v) is 3.73. The van der Waals surface area contributed by atoms with Gasteiger partial charge in [0.15, 0.2) is 0 Å². The fourth-order valence-electron chi connectivity index (χ4n) is 3.73. The van der Waals surface area contributed by atoms with E-state index in [9.17, 15) is 4.79 Å². The molecule has 33 heavy (non-hydrogen) atoms. The van der Waals surface area contributed by atoms with Crippen molar-refractivity contribution >= 4 is 16.9 Å². The van der Waals surface area contributed by atoms with Gasteiger partial charge in [0, 0.05) is 0 Å². The molecule has 7 heteroatoms. The molecule has 0 radical (unpaired) electrons. The first kappa shape index (κ1) is 20.6. The van der Waals surface area contributed by atoms with E-state index in [1.807, 2.05) is 83.4 Å². The van der Waals surface area contributed by atoms with Crippen LogP contribution in [0.3, 0.4) is 0 Å². The number of para-hydroxylation sites is 3. The minimum absolute atomic E-state index is 0.0769. The summed E-state index contributed by atoms with van der Waals surface area (Å²) in [6.45, 7) is 1.06. The molecule has 0 saturated heterocycles. The number of fused-ring (bicyclic) bond motifs is 1. The van der Waals surface area contributed by atoms with Crippen LogP contribution in [0.15, 0.2) is 100 Å². The average molecular weight is 441 g/mol. The SMILES string of the molecule is O=C(Cn1c(COc2ccccc2)nc2ccccc21)N(Cc1ccco1)Cc1ccco1. The summed E-state index contributed by atoms with van der Waals surface area (Å²) < 4.78 is 18.8. The minimum atomic E-state index is -0.0769. The molecule has 0 atom stereocenters. The molecule has 0 aliphatic carbocycles. The van der Waals surface area contributed by atoms with Gasteiger partial charge in [0.2, 0.25) is 5.91 Å². The van der Waals surface area contributed by atoms with Crippen LogP contribution in [0.2, 0.25) is 0 Å². The molecule has 7 nitrogen and oxygen atoms in total. The molecule has 0 N–H and O–H groups in total. The van der Waals surface area contributed by atoms with Crippen LogP contribution < -0.4 is 4.74 Å². The van der Waals surface area contributed by atoms with Crippen LogP contribution in [-0.2, 0) is 31.0 Å². The first-order valence-electron chi connectivity index (χ1n) is 10.7. The first-order chi connectivity index (χ1) is 16.3. The first-order valence-corrected chi connectivity index (χ1v) is 10.7. The standard InChI is InChI=1S/C26H23N3O4/c30-26(28(16-21-10-6-14-31-21)17-22-11-7-15-32-22)18-29-24-13-5-4-12-23(24)27-25(29)19-33-20-8-2-1-3-9-20/h1-15H,16-19H2. The predicted octanol–water partition coefficient (Wildman–Crippen LogP) is 5.03. The summed E-state index contributed by atoms with van der Waals surface area (Å²) in [5.74, 6) is 2.77. The number of carbonyl (C=O) groups excluding carboxylic acids is 1. The van der Waals surface area contributed by atoms with E-state index >= 15 is 0 Å². The van der Waals surface area contributed by atoms with Crippen molar-refractivity contribution in [2.45, 2.75) is 26.2 Å². The molecule has 1 amide bonds. The fraction of sp³-hybridized carbons (Fsp3) is 0.154. The van der Waals surface area contributed by atoms with Gasteiger partial charge in [-0.25, -0.2) is 4.98 Å². The highest BCUT2D eigenvalue weighted by Crippen LogP contribution is 2.20. The Balaban J connectivity index is 1.41. The van der Waals surface area contributed by atoms with Crippen molar-refractivity contribution in [3.05, 3.63) is 109 Å². The zero-order chi connectivity index (χ0) is 22.5. The number of benzene rings is 2. The highest BCUT2D eigenvalue weighted by molar-refractivity contribution is 5.81. The molecule has 0 aliphatic rings. The van der Waals surface area contributed by atoms with Crippen LogP contribution in [0.5, 0.6) is 5.75 Å². The second-order valence-corrected chi connectivity index (χ2v) is 7.61. The van der Waals surface area contributed by atoms with E-state index in [1.165, 1.54) is 0 Å². The smallest absolute Gasteiger partial charge is 0.243 e. The lowest BCUT2D eigenvalue weighted by Gasteiger charge is -2.22. The summed E-state index contributed by atoms with van der Waals surface area (Å²) in [5.41, 5.74) is 1.70. The molecular formula is C26H23N3O4. The van der Waals surface area contributed by atoms with Crippen LogP contribution >= 0.6 is 0 Å². The van der Waals surface area contributed by atoms with Crippen molar-refractivity contribution < 1.29 is 18.4 Å². The number of amides is 1. The van der Waals surface area contributed by atoms with Gasteiger partial charge in [-0.3, -0.25) is 4.79 Å². The van der Waals surface area contributed by atoms with Crippen molar-refractivity contribution in [1.29, 1.82) is 0 Å². The van der Waals surface area contributed by atoms with Crippen LogP contribution in [0.4, 0.5) is 0 Å². The van der Waals surface area contributed by atoms with Gasteiger partial charge in [-0.15, -0.1) is 0 Å². The molecule has 2 aromatic carbocycles. The molecule has 0 unspecified atom stereocenters. The second-order valence-electron chi connectivity index (χ2n) is 7.61. The predicted molar refractivity (Wildman–Crippen MR) is 122 cm³/mol. The Morgan fingerprint density at radius 2 is 1.52 bits per heavy atom. The van der Waals surface area contributed by atoms with Crippen molar-refractivity contribution in [2.24, 2.45) is 0 Å². The van der Waals surface area contributed by atoms with Gasteiger partial charge in [-0.1, -0.05) is 30.3 Å². The Morgan fingerprint density at radius 3 is 2.18 bits per heavy atom. The van der Waals surface area contributed by atoms with Gasteiger partial charge in [0.25, 0.3) is 0 Å². The van der Waals surface area contributed by atoms with Crippen LogP contribution in [-0.4, -0.2) is 20.4 Å². The van der Waals surface area contributed by atoms with E-state index in [0.29, 0.717) is 30.4 Å². The van der Waals surface area contributed by atoms with Gasteiger partial charge in [-0.05, 0) is 48.5 Å². The highest BCUT2D eigenvalue weighted by atomic mass is 16.5. The normalized spacial score (nSPS) is 11.0. The lowest BCUT2D eigenvalue weighted by molar-refractivity contribution is -0.133. The number of imidazole rings is 1. The van der Waals surface area contributed by atoms with Crippen LogP contribution in [0, 0.1) is 0 Å². The minimum Gasteiger partial charge on any atom is -0.486 e. The Bertz CT molecular complexity index is 1270. The second kappa shape index (κ2) is 9.48. The molecule has 166 valence electrons. The third-order valence-corrected chi connectivity index (χ3v) is 5.34. The molecule has 0 saturated carbocycles. The molecule has 0 aliphatic heterocycles. The third-order valence-electron chi connectivity index (χ3n) is 5.34. The van der Waals surface area contributed by atoms with Gasteiger partial charge < -0.3 is 23.0 Å². The number of ether oxygens (including phenoxy) is 1. The van der Waals surface area contributed by atoms with E-state index in [1.54, 1.807) is 17.4 Å². The maximum absolute atomic E-state index is 13.5. The molecule has 3 heterocycles. The maximum Gasteiger partial charge on any atom is 0.243 e. The average Bonchev–Trinajstić information content (AvgIpc) is 3.61. The van der Waals surface area contributed by atoms with Gasteiger partial charge in [0.1, 0.15) is 36.2 Å². The molecule has 3 aromatic heterocycles. The molecule has 5 aromatic rings. The molecule has 0 bridgehead atoms. The lowest BCUT2D eigenvalue weighted by Crippen LogP contribution is -2.33. The van der Waals surface area contributed by atoms with Crippen LogP contribution in [0.25, 0.3) is 11.0 Å². The maximum atomic E-state index is 13.5. The largest absolute Gasteiger partial charge is 0.486 e. The van der Waals surface area contributed by atoms with Crippen LogP contribution in [0.1, 0.15) is 17.3 Å². The van der Waals surface area contributed by atoms with Crippen molar-refractivity contribution in [1.82, 2.24) is 14.5 Å². The number of carbonyl (C=O) groups is 1. The molecule has 5 rings (SSSR count).